The van der Waals surface area contributed by atoms with Gasteiger partial charge in [-0.1, -0.05) is 18.2 Å². The van der Waals surface area contributed by atoms with Crippen molar-refractivity contribution in [2.45, 2.75) is 31.3 Å². The fourth-order valence-electron chi connectivity index (χ4n) is 4.33. The Balaban J connectivity index is 1.27. The summed E-state index contributed by atoms with van der Waals surface area (Å²) in [5, 5.41) is 17.2. The number of ether oxygens (including phenoxy) is 1. The van der Waals surface area contributed by atoms with Gasteiger partial charge in [-0.25, -0.2) is 9.48 Å². The van der Waals surface area contributed by atoms with E-state index in [2.05, 4.69) is 15.4 Å². The average molecular weight is 404 g/mol. The third-order valence-corrected chi connectivity index (χ3v) is 5.94. The smallest absolute Gasteiger partial charge is 0.339 e. The first-order chi connectivity index (χ1) is 14.6. The van der Waals surface area contributed by atoms with Gasteiger partial charge < -0.3 is 15.2 Å². The van der Waals surface area contributed by atoms with Gasteiger partial charge in [-0.05, 0) is 43.9 Å². The number of amides is 1. The van der Waals surface area contributed by atoms with Crippen molar-refractivity contribution in [3.8, 4) is 11.4 Å². The Morgan fingerprint density at radius 2 is 1.97 bits per heavy atom. The van der Waals surface area contributed by atoms with E-state index in [1.54, 1.807) is 18.5 Å². The van der Waals surface area contributed by atoms with E-state index in [1.165, 1.54) is 10.9 Å². The zero-order chi connectivity index (χ0) is 20.7. The second-order valence-corrected chi connectivity index (χ2v) is 7.71. The first kappa shape index (κ1) is 18.4. The molecule has 0 radical (unpaired) electrons. The number of esters is 1. The maximum atomic E-state index is 12.8. The Morgan fingerprint density at radius 3 is 2.73 bits per heavy atom. The Morgan fingerprint density at radius 1 is 1.20 bits per heavy atom. The van der Waals surface area contributed by atoms with Crippen LogP contribution in [0.5, 0.6) is 5.75 Å². The number of aromatic hydroxyl groups is 1. The normalized spacial score (nSPS) is 22.5. The van der Waals surface area contributed by atoms with Crippen LogP contribution in [-0.2, 0) is 15.1 Å². The molecule has 1 aliphatic carbocycles. The van der Waals surface area contributed by atoms with E-state index in [9.17, 15) is 14.7 Å². The van der Waals surface area contributed by atoms with Gasteiger partial charge in [0.25, 0.3) is 0 Å². The fraction of sp³-hybridized carbons (Fsp3) is 0.273. The van der Waals surface area contributed by atoms with Gasteiger partial charge in [0.05, 0.1) is 17.4 Å². The Labute approximate surface area is 172 Å². The van der Waals surface area contributed by atoms with Crippen molar-refractivity contribution in [3.63, 3.8) is 0 Å². The monoisotopic (exact) mass is 404 g/mol. The summed E-state index contributed by atoms with van der Waals surface area (Å²) >= 11 is 0. The van der Waals surface area contributed by atoms with Crippen LogP contribution in [0.2, 0.25) is 0 Å². The number of anilines is 1. The summed E-state index contributed by atoms with van der Waals surface area (Å²) in [6.45, 7) is 0. The second-order valence-electron chi connectivity index (χ2n) is 7.71. The van der Waals surface area contributed by atoms with Crippen LogP contribution < -0.4 is 5.32 Å². The number of carbonyl (C=O) groups excluding carboxylic acids is 2. The lowest BCUT2D eigenvalue weighted by Crippen LogP contribution is -2.36. The number of hydrogen-bond acceptors (Lipinski definition) is 6. The highest BCUT2D eigenvalue weighted by Crippen LogP contribution is 2.47. The number of para-hydroxylation sites is 1. The standard InChI is InChI=1S/C22H20N4O4/c27-18-13-26(15-4-2-1-3-5-15)25-19(18)24-20(28)14-6-9-22(10-7-14)17-12-23-11-8-16(17)21(29)30-22/h1-5,8,11-14,27H,6-7,9-10H2,(H,24,25,28)/t14-,22+. The van der Waals surface area contributed by atoms with Crippen LogP contribution in [-0.4, -0.2) is 31.7 Å². The van der Waals surface area contributed by atoms with Crippen LogP contribution in [0.15, 0.2) is 55.0 Å². The molecule has 8 nitrogen and oxygen atoms in total. The molecule has 1 amide bonds. The van der Waals surface area contributed by atoms with Crippen molar-refractivity contribution in [2.24, 2.45) is 5.92 Å². The number of nitrogens with zero attached hydrogens (tertiary/aromatic N) is 3. The second kappa shape index (κ2) is 6.98. The number of carbonyl (C=O) groups is 2. The van der Waals surface area contributed by atoms with Crippen LogP contribution in [0.3, 0.4) is 0 Å². The third-order valence-electron chi connectivity index (χ3n) is 5.94. The molecule has 152 valence electrons. The van der Waals surface area contributed by atoms with Crippen molar-refractivity contribution in [3.05, 3.63) is 66.1 Å². The predicted molar refractivity (Wildman–Crippen MR) is 107 cm³/mol. The van der Waals surface area contributed by atoms with Crippen LogP contribution in [0.1, 0.15) is 41.6 Å². The molecule has 30 heavy (non-hydrogen) atoms. The van der Waals surface area contributed by atoms with E-state index in [-0.39, 0.29) is 29.4 Å². The summed E-state index contributed by atoms with van der Waals surface area (Å²) in [5.41, 5.74) is 1.47. The lowest BCUT2D eigenvalue weighted by Gasteiger charge is -2.35. The van der Waals surface area contributed by atoms with E-state index >= 15 is 0 Å². The van der Waals surface area contributed by atoms with Gasteiger partial charge in [0, 0.05) is 23.9 Å². The fourth-order valence-corrected chi connectivity index (χ4v) is 4.33. The molecule has 0 saturated heterocycles. The zero-order valence-corrected chi connectivity index (χ0v) is 16.1. The predicted octanol–water partition coefficient (Wildman–Crippen LogP) is 3.17. The summed E-state index contributed by atoms with van der Waals surface area (Å²) < 4.78 is 7.23. The van der Waals surface area contributed by atoms with Gasteiger partial charge >= 0.3 is 5.97 Å². The summed E-state index contributed by atoms with van der Waals surface area (Å²) in [5.74, 6) is -0.743. The molecule has 3 heterocycles. The molecule has 2 aliphatic rings. The molecule has 1 aliphatic heterocycles. The van der Waals surface area contributed by atoms with Crippen LogP contribution >= 0.6 is 0 Å². The quantitative estimate of drug-likeness (QED) is 0.650. The molecule has 1 spiro atoms. The zero-order valence-electron chi connectivity index (χ0n) is 16.1. The van der Waals surface area contributed by atoms with Crippen molar-refractivity contribution in [1.82, 2.24) is 14.8 Å². The van der Waals surface area contributed by atoms with Gasteiger partial charge in [0.15, 0.2) is 11.6 Å². The number of pyridine rings is 1. The van der Waals surface area contributed by atoms with Crippen LogP contribution in [0.4, 0.5) is 5.82 Å². The molecule has 2 aromatic heterocycles. The largest absolute Gasteiger partial charge is 0.503 e. The number of aromatic nitrogens is 3. The molecular formula is C22H20N4O4. The lowest BCUT2D eigenvalue weighted by atomic mass is 9.75. The highest BCUT2D eigenvalue weighted by atomic mass is 16.6. The molecular weight excluding hydrogens is 384 g/mol. The van der Waals surface area contributed by atoms with Crippen molar-refractivity contribution in [2.75, 3.05) is 5.32 Å². The minimum atomic E-state index is -0.686. The van der Waals surface area contributed by atoms with Crippen molar-refractivity contribution in [1.29, 1.82) is 0 Å². The maximum Gasteiger partial charge on any atom is 0.339 e. The van der Waals surface area contributed by atoms with Gasteiger partial charge in [0.1, 0.15) is 5.60 Å². The van der Waals surface area contributed by atoms with Crippen molar-refractivity contribution < 1.29 is 19.4 Å². The topological polar surface area (TPSA) is 106 Å². The number of benzene rings is 1. The highest BCUT2D eigenvalue weighted by Gasteiger charge is 2.48. The van der Waals surface area contributed by atoms with E-state index in [0.717, 1.165) is 11.3 Å². The average Bonchev–Trinajstić information content (AvgIpc) is 3.27. The molecule has 1 aromatic carbocycles. The summed E-state index contributed by atoms with van der Waals surface area (Å²) in [4.78, 5) is 29.1. The third kappa shape index (κ3) is 3.01. The minimum Gasteiger partial charge on any atom is -0.503 e. The van der Waals surface area contributed by atoms with Crippen LogP contribution in [0.25, 0.3) is 5.69 Å². The number of nitrogens with one attached hydrogen (secondary N) is 1. The molecule has 0 atom stereocenters. The number of rotatable bonds is 3. The Hall–Kier alpha value is -3.68. The molecule has 2 N–H and O–H groups in total. The van der Waals surface area contributed by atoms with E-state index in [0.29, 0.717) is 31.2 Å². The Kier molecular flexibility index (Phi) is 4.27. The van der Waals surface area contributed by atoms with Gasteiger partial charge in [-0.15, -0.1) is 5.10 Å². The summed E-state index contributed by atoms with van der Waals surface area (Å²) in [6, 6.07) is 11.0. The van der Waals surface area contributed by atoms with Crippen LogP contribution in [0, 0.1) is 5.92 Å². The van der Waals surface area contributed by atoms with E-state index < -0.39 is 5.60 Å². The van der Waals surface area contributed by atoms with Gasteiger partial charge in [0.2, 0.25) is 5.91 Å². The molecule has 1 saturated carbocycles. The van der Waals surface area contributed by atoms with Gasteiger partial charge in [-0.3, -0.25) is 9.78 Å². The summed E-state index contributed by atoms with van der Waals surface area (Å²) in [6.07, 6.45) is 6.97. The molecule has 0 unspecified atom stereocenters. The number of fused-ring (bicyclic) bond motifs is 2. The molecule has 1 fully saturated rings. The SMILES string of the molecule is O=C1O[C@]2(CC[C@@H](C(=O)Nc3nn(-c4ccccc4)cc3O)CC2)c2cnccc21. The first-order valence-electron chi connectivity index (χ1n) is 9.88. The Bertz CT molecular complexity index is 1120. The maximum absolute atomic E-state index is 12.8. The van der Waals surface area contributed by atoms with E-state index in [4.69, 9.17) is 4.74 Å². The van der Waals surface area contributed by atoms with Crippen molar-refractivity contribution >= 4 is 17.7 Å². The van der Waals surface area contributed by atoms with E-state index in [1.807, 2.05) is 30.3 Å². The number of hydrogen-bond donors (Lipinski definition) is 2. The molecule has 5 rings (SSSR count). The minimum absolute atomic E-state index is 0.0933. The summed E-state index contributed by atoms with van der Waals surface area (Å²) in [7, 11) is 0. The molecule has 8 heteroatoms. The lowest BCUT2D eigenvalue weighted by molar-refractivity contribution is -0.122. The van der Waals surface area contributed by atoms with Gasteiger partial charge in [-0.2, -0.15) is 0 Å². The molecule has 3 aromatic rings. The first-order valence-corrected chi connectivity index (χ1v) is 9.88. The highest BCUT2D eigenvalue weighted by molar-refractivity contribution is 5.95. The molecule has 0 bridgehead atoms.